The zero-order valence-corrected chi connectivity index (χ0v) is 14.7. The summed E-state index contributed by atoms with van der Waals surface area (Å²) < 4.78 is 8.24. The fraction of sp³-hybridized carbons (Fsp3) is 0.429. The number of thioether (sulfide) groups is 1. The van der Waals surface area contributed by atoms with Crippen molar-refractivity contribution in [2.75, 3.05) is 18.2 Å². The highest BCUT2D eigenvalue weighted by atomic mass is 79.9. The maximum atomic E-state index is 6.03. The van der Waals surface area contributed by atoms with Crippen LogP contribution in [0.2, 0.25) is 0 Å². The molecule has 7 heteroatoms. The van der Waals surface area contributed by atoms with Gasteiger partial charge in [0.15, 0.2) is 5.82 Å². The highest BCUT2D eigenvalue weighted by Gasteiger charge is 2.22. The van der Waals surface area contributed by atoms with Crippen LogP contribution < -0.4 is 10.6 Å². The lowest BCUT2D eigenvalue weighted by molar-refractivity contribution is 0.343. The van der Waals surface area contributed by atoms with E-state index in [0.717, 1.165) is 21.8 Å². The van der Waals surface area contributed by atoms with Crippen LogP contribution in [0.15, 0.2) is 33.9 Å². The van der Waals surface area contributed by atoms with Gasteiger partial charge in [-0.05, 0) is 18.2 Å². The Hall–Kier alpha value is -1.21. The van der Waals surface area contributed by atoms with Crippen LogP contribution in [0.25, 0.3) is 0 Å². The number of nitrogens with zero attached hydrogens (tertiary/aromatic N) is 3. The summed E-state index contributed by atoms with van der Waals surface area (Å²) in [6.07, 6.45) is 0. The van der Waals surface area contributed by atoms with Crippen LogP contribution in [0.5, 0.6) is 5.75 Å². The summed E-state index contributed by atoms with van der Waals surface area (Å²) in [5.74, 6) is 8.40. The molecule has 21 heavy (non-hydrogen) atoms. The minimum Gasteiger partial charge on any atom is -0.493 e. The molecule has 0 aliphatic carbocycles. The highest BCUT2D eigenvalue weighted by Crippen LogP contribution is 2.23. The van der Waals surface area contributed by atoms with Crippen molar-refractivity contribution in [1.82, 2.24) is 14.9 Å². The molecule has 0 saturated heterocycles. The maximum absolute atomic E-state index is 6.03. The van der Waals surface area contributed by atoms with Crippen LogP contribution in [-0.4, -0.2) is 27.2 Å². The zero-order chi connectivity index (χ0) is 15.5. The quantitative estimate of drug-likeness (QED) is 0.497. The summed E-state index contributed by atoms with van der Waals surface area (Å²) in [7, 11) is 0. The van der Waals surface area contributed by atoms with Crippen molar-refractivity contribution in [3.05, 3.63) is 34.6 Å². The zero-order valence-electron chi connectivity index (χ0n) is 12.3. The molecule has 0 radical (unpaired) electrons. The van der Waals surface area contributed by atoms with Gasteiger partial charge in [0.1, 0.15) is 5.75 Å². The molecule has 2 rings (SSSR count). The Balaban J connectivity index is 1.86. The molecule has 1 heterocycles. The molecule has 114 valence electrons. The fourth-order valence-corrected chi connectivity index (χ4v) is 2.79. The van der Waals surface area contributed by atoms with Crippen molar-refractivity contribution in [2.45, 2.75) is 31.3 Å². The monoisotopic (exact) mass is 370 g/mol. The first-order valence-corrected chi connectivity index (χ1v) is 8.38. The predicted molar refractivity (Wildman–Crippen MR) is 89.2 cm³/mol. The van der Waals surface area contributed by atoms with Crippen LogP contribution in [0.3, 0.4) is 0 Å². The van der Waals surface area contributed by atoms with Gasteiger partial charge in [0, 0.05) is 15.6 Å². The van der Waals surface area contributed by atoms with E-state index in [2.05, 4.69) is 46.9 Å². The first kappa shape index (κ1) is 16.2. The summed E-state index contributed by atoms with van der Waals surface area (Å²) in [6, 6.07) is 7.78. The van der Waals surface area contributed by atoms with Crippen LogP contribution in [0.1, 0.15) is 26.6 Å². The smallest absolute Gasteiger partial charge is 0.209 e. The number of benzene rings is 1. The molecule has 0 saturated carbocycles. The molecule has 1 aromatic carbocycles. The molecule has 0 amide bonds. The van der Waals surface area contributed by atoms with Crippen molar-refractivity contribution in [3.8, 4) is 5.75 Å². The third-order valence-electron chi connectivity index (χ3n) is 2.71. The number of nitrogens with two attached hydrogens (primary N) is 1. The largest absolute Gasteiger partial charge is 0.493 e. The van der Waals surface area contributed by atoms with E-state index in [1.807, 2.05) is 24.3 Å². The fourth-order valence-electron chi connectivity index (χ4n) is 1.74. The molecular formula is C14H19BrN4OS. The molecule has 2 aromatic rings. The summed E-state index contributed by atoms with van der Waals surface area (Å²) in [6.45, 7) is 6.76. The number of aromatic nitrogens is 3. The number of ether oxygens (including phenoxy) is 1. The molecule has 0 unspecified atom stereocenters. The SMILES string of the molecule is CC(C)(C)c1nnc(SCCOc2cccc(Br)c2)n1N. The van der Waals surface area contributed by atoms with Gasteiger partial charge >= 0.3 is 0 Å². The second-order valence-corrected chi connectivity index (χ2v) is 7.56. The summed E-state index contributed by atoms with van der Waals surface area (Å²) in [4.78, 5) is 0. The average molecular weight is 371 g/mol. The lowest BCUT2D eigenvalue weighted by atomic mass is 9.96. The average Bonchev–Trinajstić information content (AvgIpc) is 2.76. The topological polar surface area (TPSA) is 66.0 Å². The van der Waals surface area contributed by atoms with E-state index >= 15 is 0 Å². The molecule has 0 aliphatic rings. The molecule has 0 spiro atoms. The van der Waals surface area contributed by atoms with Crippen molar-refractivity contribution in [3.63, 3.8) is 0 Å². The van der Waals surface area contributed by atoms with E-state index in [1.165, 1.54) is 11.8 Å². The number of rotatable bonds is 5. The Kier molecular flexibility index (Phi) is 5.16. The molecule has 1 aromatic heterocycles. The minimum absolute atomic E-state index is 0.118. The van der Waals surface area contributed by atoms with Crippen molar-refractivity contribution >= 4 is 27.7 Å². The van der Waals surface area contributed by atoms with Crippen molar-refractivity contribution < 1.29 is 4.74 Å². The molecule has 2 N–H and O–H groups in total. The van der Waals surface area contributed by atoms with Gasteiger partial charge in [-0.15, -0.1) is 10.2 Å². The van der Waals surface area contributed by atoms with Gasteiger partial charge in [0.2, 0.25) is 5.16 Å². The van der Waals surface area contributed by atoms with Crippen molar-refractivity contribution in [2.24, 2.45) is 0 Å². The van der Waals surface area contributed by atoms with E-state index in [0.29, 0.717) is 11.8 Å². The van der Waals surface area contributed by atoms with E-state index in [-0.39, 0.29) is 5.41 Å². The Morgan fingerprint density at radius 2 is 2.10 bits per heavy atom. The maximum Gasteiger partial charge on any atom is 0.209 e. The Labute approximate surface area is 137 Å². The first-order chi connectivity index (χ1) is 9.88. The van der Waals surface area contributed by atoms with Crippen LogP contribution in [0, 0.1) is 0 Å². The molecular weight excluding hydrogens is 352 g/mol. The first-order valence-electron chi connectivity index (χ1n) is 6.60. The molecule has 5 nitrogen and oxygen atoms in total. The normalized spacial score (nSPS) is 11.6. The van der Waals surface area contributed by atoms with E-state index in [1.54, 1.807) is 4.68 Å². The Morgan fingerprint density at radius 1 is 1.33 bits per heavy atom. The van der Waals surface area contributed by atoms with Crippen LogP contribution in [-0.2, 0) is 5.41 Å². The third-order valence-corrected chi connectivity index (χ3v) is 4.12. The number of hydrogen-bond acceptors (Lipinski definition) is 5. The summed E-state index contributed by atoms with van der Waals surface area (Å²) in [5, 5.41) is 8.99. The van der Waals surface area contributed by atoms with Gasteiger partial charge in [0.05, 0.1) is 6.61 Å². The van der Waals surface area contributed by atoms with E-state index in [4.69, 9.17) is 10.6 Å². The van der Waals surface area contributed by atoms with Crippen LogP contribution >= 0.6 is 27.7 Å². The van der Waals surface area contributed by atoms with Gasteiger partial charge in [-0.3, -0.25) is 0 Å². The summed E-state index contributed by atoms with van der Waals surface area (Å²) >= 11 is 4.95. The van der Waals surface area contributed by atoms with Crippen molar-refractivity contribution in [1.29, 1.82) is 0 Å². The second kappa shape index (κ2) is 6.70. The lowest BCUT2D eigenvalue weighted by Gasteiger charge is -2.16. The Bertz CT molecular complexity index is 609. The number of hydrogen-bond donors (Lipinski definition) is 1. The number of halogens is 1. The summed E-state index contributed by atoms with van der Waals surface area (Å²) in [5.41, 5.74) is -0.118. The Morgan fingerprint density at radius 3 is 2.71 bits per heavy atom. The van der Waals surface area contributed by atoms with Gasteiger partial charge < -0.3 is 10.6 Å². The molecule has 0 fully saturated rings. The second-order valence-electron chi connectivity index (χ2n) is 5.58. The molecule has 0 aliphatic heterocycles. The molecule has 0 atom stereocenters. The van der Waals surface area contributed by atoms with Gasteiger partial charge in [0.25, 0.3) is 0 Å². The van der Waals surface area contributed by atoms with Crippen LogP contribution in [0.4, 0.5) is 0 Å². The lowest BCUT2D eigenvalue weighted by Crippen LogP contribution is -2.24. The minimum atomic E-state index is -0.118. The standard InChI is InChI=1S/C14H19BrN4OS/c1-14(2,3)12-17-18-13(19(12)16)21-8-7-20-11-6-4-5-10(15)9-11/h4-6,9H,7-8,16H2,1-3H3. The molecule has 0 bridgehead atoms. The highest BCUT2D eigenvalue weighted by molar-refractivity contribution is 9.10. The van der Waals surface area contributed by atoms with Gasteiger partial charge in [-0.2, -0.15) is 0 Å². The number of nitrogen functional groups attached to an aromatic ring is 1. The third kappa shape index (κ3) is 4.38. The van der Waals surface area contributed by atoms with Gasteiger partial charge in [-0.25, -0.2) is 4.68 Å². The van der Waals surface area contributed by atoms with E-state index in [9.17, 15) is 0 Å². The predicted octanol–water partition coefficient (Wildman–Crippen LogP) is 3.22. The van der Waals surface area contributed by atoms with Gasteiger partial charge in [-0.1, -0.05) is 54.5 Å². The van der Waals surface area contributed by atoms with E-state index < -0.39 is 0 Å².